The number of carbonyl (C=O) groups excluding carboxylic acids is 2. The zero-order valence-corrected chi connectivity index (χ0v) is 7.90. The van der Waals surface area contributed by atoms with Gasteiger partial charge in [0.25, 0.3) is 0 Å². The van der Waals surface area contributed by atoms with E-state index in [9.17, 15) is 9.59 Å². The van der Waals surface area contributed by atoms with E-state index in [0.717, 1.165) is 0 Å². The quantitative estimate of drug-likeness (QED) is 0.546. The Morgan fingerprint density at radius 3 is 2.36 bits per heavy atom. The van der Waals surface area contributed by atoms with E-state index in [2.05, 4.69) is 5.32 Å². The normalized spacial score (nSPS) is 31.4. The van der Waals surface area contributed by atoms with Gasteiger partial charge in [-0.05, 0) is 6.42 Å². The van der Waals surface area contributed by atoms with Gasteiger partial charge in [-0.3, -0.25) is 14.5 Å². The molecule has 2 fully saturated rings. The van der Waals surface area contributed by atoms with Crippen LogP contribution in [0.3, 0.4) is 0 Å². The van der Waals surface area contributed by atoms with Crippen molar-refractivity contribution in [3.05, 3.63) is 0 Å². The number of hydrogen-bond acceptors (Lipinski definition) is 4. The van der Waals surface area contributed by atoms with Crippen LogP contribution in [0.5, 0.6) is 0 Å². The number of likely N-dealkylation sites (tertiary alicyclic amines) is 1. The number of nitrogens with one attached hydrogen (secondary N) is 1. The summed E-state index contributed by atoms with van der Waals surface area (Å²) in [4.78, 5) is 24.7. The number of imide groups is 1. The summed E-state index contributed by atoms with van der Waals surface area (Å²) in [5.74, 6) is -0.445. The Labute approximate surface area is 82.1 Å². The summed E-state index contributed by atoms with van der Waals surface area (Å²) in [6.07, 6.45) is 0.477. The zero-order valence-electron chi connectivity index (χ0n) is 7.90. The lowest BCUT2D eigenvalue weighted by molar-refractivity contribution is -0.140. The zero-order chi connectivity index (χ0) is 10.1. The van der Waals surface area contributed by atoms with E-state index in [1.54, 1.807) is 0 Å². The Morgan fingerprint density at radius 1 is 1.29 bits per heavy atom. The molecule has 2 aliphatic heterocycles. The second-order valence-electron chi connectivity index (χ2n) is 3.78. The van der Waals surface area contributed by atoms with E-state index in [-0.39, 0.29) is 30.3 Å². The summed E-state index contributed by atoms with van der Waals surface area (Å²) in [5, 5.41) is 11.7. The molecule has 5 heteroatoms. The summed E-state index contributed by atoms with van der Waals surface area (Å²) in [6.45, 7) is 1.61. The highest BCUT2D eigenvalue weighted by molar-refractivity contribution is 6.05. The van der Waals surface area contributed by atoms with Gasteiger partial charge >= 0.3 is 0 Å². The predicted octanol–water partition coefficient (Wildman–Crippen LogP) is -1.43. The molecule has 2 aliphatic rings. The number of aliphatic hydroxyl groups is 1. The Balaban J connectivity index is 2.06. The number of amides is 2. The fourth-order valence-electron chi connectivity index (χ4n) is 2.16. The monoisotopic (exact) mass is 198 g/mol. The fourth-order valence-corrected chi connectivity index (χ4v) is 2.16. The second-order valence-corrected chi connectivity index (χ2v) is 3.78. The molecule has 78 valence electrons. The van der Waals surface area contributed by atoms with E-state index in [1.807, 2.05) is 0 Å². The molecule has 0 spiro atoms. The van der Waals surface area contributed by atoms with Gasteiger partial charge in [0.15, 0.2) is 0 Å². The molecule has 0 saturated carbocycles. The molecule has 2 saturated heterocycles. The molecular formula is C9H14N2O3. The Kier molecular flexibility index (Phi) is 2.52. The van der Waals surface area contributed by atoms with Crippen LogP contribution in [0.1, 0.15) is 6.42 Å². The van der Waals surface area contributed by atoms with Crippen LogP contribution in [0.25, 0.3) is 0 Å². The van der Waals surface area contributed by atoms with Crippen molar-refractivity contribution in [2.75, 3.05) is 26.2 Å². The second kappa shape index (κ2) is 3.67. The van der Waals surface area contributed by atoms with Gasteiger partial charge in [-0.2, -0.15) is 0 Å². The van der Waals surface area contributed by atoms with Crippen molar-refractivity contribution in [1.82, 2.24) is 10.2 Å². The Morgan fingerprint density at radius 2 is 1.86 bits per heavy atom. The van der Waals surface area contributed by atoms with Gasteiger partial charge in [0.2, 0.25) is 11.8 Å². The Bertz CT molecular complexity index is 245. The first-order valence-electron chi connectivity index (χ1n) is 4.92. The first kappa shape index (κ1) is 9.61. The van der Waals surface area contributed by atoms with Gasteiger partial charge < -0.3 is 10.4 Å². The summed E-state index contributed by atoms with van der Waals surface area (Å²) >= 11 is 0. The lowest BCUT2D eigenvalue weighted by Gasteiger charge is -2.14. The first-order valence-corrected chi connectivity index (χ1v) is 4.92. The predicted molar refractivity (Wildman–Crippen MR) is 48.3 cm³/mol. The average molecular weight is 198 g/mol. The third-order valence-electron chi connectivity index (χ3n) is 2.92. The molecule has 2 atom stereocenters. The summed E-state index contributed by atoms with van der Waals surface area (Å²) < 4.78 is 0. The molecule has 5 nitrogen and oxygen atoms in total. The highest BCUT2D eigenvalue weighted by Gasteiger charge is 2.49. The Hall–Kier alpha value is -0.940. The lowest BCUT2D eigenvalue weighted by Crippen LogP contribution is -2.35. The van der Waals surface area contributed by atoms with Gasteiger partial charge in [-0.25, -0.2) is 0 Å². The van der Waals surface area contributed by atoms with Crippen molar-refractivity contribution in [3.8, 4) is 0 Å². The molecular weight excluding hydrogens is 184 g/mol. The van der Waals surface area contributed by atoms with Crippen LogP contribution in [0, 0.1) is 11.8 Å². The van der Waals surface area contributed by atoms with Gasteiger partial charge in [0.05, 0.1) is 11.8 Å². The number of carbonyl (C=O) groups is 2. The van der Waals surface area contributed by atoms with Crippen LogP contribution < -0.4 is 5.32 Å². The fraction of sp³-hybridized carbons (Fsp3) is 0.778. The first-order chi connectivity index (χ1) is 6.75. The minimum Gasteiger partial charge on any atom is -0.396 e. The molecule has 0 bridgehead atoms. The molecule has 14 heavy (non-hydrogen) atoms. The van der Waals surface area contributed by atoms with E-state index in [0.29, 0.717) is 26.1 Å². The topological polar surface area (TPSA) is 69.6 Å². The third kappa shape index (κ3) is 1.33. The maximum atomic E-state index is 11.7. The SMILES string of the molecule is O=C1[C@H]2CNC[C@H]2C(=O)N1CCCO. The van der Waals surface area contributed by atoms with E-state index in [4.69, 9.17) is 5.11 Å². The molecule has 0 aromatic heterocycles. The number of hydrogen-bond donors (Lipinski definition) is 2. The van der Waals surface area contributed by atoms with Crippen molar-refractivity contribution in [1.29, 1.82) is 0 Å². The standard InChI is InChI=1S/C9H14N2O3/c12-3-1-2-11-8(13)6-4-10-5-7(6)9(11)14/h6-7,10,12H,1-5H2/t6-,7+. The summed E-state index contributed by atoms with van der Waals surface area (Å²) in [7, 11) is 0. The van der Waals surface area contributed by atoms with Gasteiger partial charge in [0, 0.05) is 26.2 Å². The molecule has 2 amide bonds. The highest BCUT2D eigenvalue weighted by Crippen LogP contribution is 2.28. The van der Waals surface area contributed by atoms with Crippen LogP contribution in [-0.2, 0) is 9.59 Å². The molecule has 0 aromatic rings. The molecule has 0 aliphatic carbocycles. The highest BCUT2D eigenvalue weighted by atomic mass is 16.3. The maximum Gasteiger partial charge on any atom is 0.234 e. The smallest absolute Gasteiger partial charge is 0.234 e. The number of fused-ring (bicyclic) bond motifs is 1. The van der Waals surface area contributed by atoms with Crippen molar-refractivity contribution in [3.63, 3.8) is 0 Å². The van der Waals surface area contributed by atoms with Crippen LogP contribution in [0.2, 0.25) is 0 Å². The largest absolute Gasteiger partial charge is 0.396 e. The summed E-state index contributed by atoms with van der Waals surface area (Å²) in [6, 6.07) is 0. The van der Waals surface area contributed by atoms with Gasteiger partial charge in [-0.1, -0.05) is 0 Å². The molecule has 0 radical (unpaired) electrons. The van der Waals surface area contributed by atoms with E-state index in [1.165, 1.54) is 4.90 Å². The van der Waals surface area contributed by atoms with Crippen LogP contribution in [0.15, 0.2) is 0 Å². The average Bonchev–Trinajstić information content (AvgIpc) is 2.72. The van der Waals surface area contributed by atoms with Crippen molar-refractivity contribution in [2.24, 2.45) is 11.8 Å². The third-order valence-corrected chi connectivity index (χ3v) is 2.92. The van der Waals surface area contributed by atoms with E-state index >= 15 is 0 Å². The van der Waals surface area contributed by atoms with Crippen LogP contribution in [0.4, 0.5) is 0 Å². The number of nitrogens with zero attached hydrogens (tertiary/aromatic N) is 1. The van der Waals surface area contributed by atoms with Gasteiger partial charge in [-0.15, -0.1) is 0 Å². The minimum atomic E-state index is -0.152. The van der Waals surface area contributed by atoms with Crippen molar-refractivity contribution >= 4 is 11.8 Å². The minimum absolute atomic E-state index is 0.0185. The molecule has 0 unspecified atom stereocenters. The number of aliphatic hydroxyl groups excluding tert-OH is 1. The van der Waals surface area contributed by atoms with Crippen molar-refractivity contribution in [2.45, 2.75) is 6.42 Å². The van der Waals surface area contributed by atoms with Gasteiger partial charge in [0.1, 0.15) is 0 Å². The van der Waals surface area contributed by atoms with E-state index < -0.39 is 0 Å². The van der Waals surface area contributed by atoms with Crippen LogP contribution in [-0.4, -0.2) is 48.1 Å². The maximum absolute atomic E-state index is 11.7. The van der Waals surface area contributed by atoms with Crippen molar-refractivity contribution < 1.29 is 14.7 Å². The molecule has 0 aromatic carbocycles. The molecule has 2 N–H and O–H groups in total. The molecule has 2 heterocycles. The lowest BCUT2D eigenvalue weighted by atomic mass is 10.00. The summed E-state index contributed by atoms with van der Waals surface area (Å²) in [5.41, 5.74) is 0. The van der Waals surface area contributed by atoms with Crippen LogP contribution >= 0.6 is 0 Å². The molecule has 2 rings (SSSR count). The number of rotatable bonds is 3.